The summed E-state index contributed by atoms with van der Waals surface area (Å²) in [7, 11) is 0. The van der Waals surface area contributed by atoms with Gasteiger partial charge in [0.15, 0.2) is 23.3 Å². The maximum absolute atomic E-state index is 12.8. The molecule has 0 N–H and O–H groups in total. The second-order valence-corrected chi connectivity index (χ2v) is 2.34. The smallest absolute Gasteiger partial charge is 0.200 e. The van der Waals surface area contributed by atoms with Crippen molar-refractivity contribution in [2.75, 3.05) is 0 Å². The largest absolute Gasteiger partial charge is 0.202 e. The first-order chi connectivity index (χ1) is 7.00. The van der Waals surface area contributed by atoms with Crippen LogP contribution in [0.15, 0.2) is 0 Å². The fraction of sp³-hybridized carbons (Fsp3) is 0. The Bertz CT molecular complexity index is 484. The molecule has 0 bridgehead atoms. The van der Waals surface area contributed by atoms with E-state index in [0.717, 1.165) is 0 Å². The molecule has 0 spiro atoms. The molecule has 0 aliphatic carbocycles. The fourth-order valence-corrected chi connectivity index (χ4v) is 0.813. The van der Waals surface area contributed by atoms with Crippen molar-refractivity contribution in [3.8, 4) is 24.2 Å². The van der Waals surface area contributed by atoms with E-state index in [2.05, 4.69) is 6.42 Å². The molecule has 0 nitrogen and oxygen atoms in total. The van der Waals surface area contributed by atoms with Gasteiger partial charge in [-0.25, -0.2) is 22.0 Å². The third kappa shape index (κ3) is 1.77. The maximum Gasteiger partial charge on any atom is 0.200 e. The number of hydrogen-bond donors (Lipinski definition) is 0. The lowest BCUT2D eigenvalue weighted by atomic mass is 10.1. The Balaban J connectivity index is 3.61. The van der Waals surface area contributed by atoms with Gasteiger partial charge in [-0.2, -0.15) is 0 Å². The lowest BCUT2D eigenvalue weighted by Crippen LogP contribution is -2.04. The minimum absolute atomic E-state index is 1.23. The van der Waals surface area contributed by atoms with Gasteiger partial charge in [-0.15, -0.1) is 6.42 Å². The zero-order chi connectivity index (χ0) is 11.6. The monoisotopic (exact) mass is 216 g/mol. The summed E-state index contributed by atoms with van der Waals surface area (Å²) >= 11 is 0. The first-order valence-corrected chi connectivity index (χ1v) is 3.48. The van der Waals surface area contributed by atoms with Crippen LogP contribution in [0.3, 0.4) is 0 Å². The van der Waals surface area contributed by atoms with Gasteiger partial charge in [0.1, 0.15) is 5.56 Å². The van der Waals surface area contributed by atoms with Gasteiger partial charge in [-0.3, -0.25) is 0 Å². The van der Waals surface area contributed by atoms with Crippen LogP contribution in [-0.4, -0.2) is 0 Å². The summed E-state index contributed by atoms with van der Waals surface area (Å²) in [5, 5.41) is 0. The second kappa shape index (κ2) is 4.02. The third-order valence-electron chi connectivity index (χ3n) is 1.47. The number of benzene rings is 1. The standard InChI is InChI=1S/C10HF5/c1-2-3-4-5-6(11)8(13)10(15)9(14)7(5)12/h1H. The van der Waals surface area contributed by atoms with E-state index in [1.165, 1.54) is 0 Å². The lowest BCUT2D eigenvalue weighted by Gasteiger charge is -2.01. The van der Waals surface area contributed by atoms with Gasteiger partial charge in [0.25, 0.3) is 0 Å². The van der Waals surface area contributed by atoms with E-state index in [1.807, 2.05) is 0 Å². The van der Waals surface area contributed by atoms with Crippen LogP contribution >= 0.6 is 0 Å². The van der Waals surface area contributed by atoms with Crippen LogP contribution in [0.5, 0.6) is 0 Å². The molecule has 0 aromatic heterocycles. The van der Waals surface area contributed by atoms with E-state index in [0.29, 0.717) is 0 Å². The van der Waals surface area contributed by atoms with Crippen LogP contribution in [0.1, 0.15) is 5.56 Å². The molecule has 0 atom stereocenters. The molecule has 0 unspecified atom stereocenters. The number of halogens is 5. The van der Waals surface area contributed by atoms with Gasteiger partial charge in [0, 0.05) is 0 Å². The van der Waals surface area contributed by atoms with Gasteiger partial charge in [0.2, 0.25) is 5.82 Å². The van der Waals surface area contributed by atoms with Crippen molar-refractivity contribution in [3.63, 3.8) is 0 Å². The van der Waals surface area contributed by atoms with Crippen LogP contribution in [0.2, 0.25) is 0 Å². The summed E-state index contributed by atoms with van der Waals surface area (Å²) in [6.45, 7) is 0. The van der Waals surface area contributed by atoms with Crippen LogP contribution in [0.4, 0.5) is 22.0 Å². The minimum atomic E-state index is -2.23. The molecule has 0 amide bonds. The topological polar surface area (TPSA) is 0 Å². The normalized spacial score (nSPS) is 9.07. The fourth-order valence-electron chi connectivity index (χ4n) is 0.813. The summed E-state index contributed by atoms with van der Waals surface area (Å²) in [5.74, 6) is -5.19. The number of terminal acetylenes is 1. The van der Waals surface area contributed by atoms with Crippen LogP contribution in [0.25, 0.3) is 0 Å². The van der Waals surface area contributed by atoms with Crippen molar-refractivity contribution in [1.82, 2.24) is 0 Å². The highest BCUT2D eigenvalue weighted by molar-refractivity contribution is 5.42. The van der Waals surface area contributed by atoms with Crippen molar-refractivity contribution < 1.29 is 22.0 Å². The Labute approximate surface area is 81.7 Å². The van der Waals surface area contributed by atoms with Gasteiger partial charge in [-0.05, 0) is 17.8 Å². The molecule has 5 heteroatoms. The van der Waals surface area contributed by atoms with E-state index in [1.54, 1.807) is 17.8 Å². The molecular weight excluding hydrogens is 215 g/mol. The molecule has 0 saturated heterocycles. The van der Waals surface area contributed by atoms with E-state index in [4.69, 9.17) is 0 Å². The highest BCUT2D eigenvalue weighted by Gasteiger charge is 2.24. The molecule has 0 aliphatic rings. The summed E-state index contributed by atoms with van der Waals surface area (Å²) in [6.07, 6.45) is 4.65. The average Bonchev–Trinajstić information content (AvgIpc) is 2.24. The third-order valence-corrected chi connectivity index (χ3v) is 1.47. The summed E-state index contributed by atoms with van der Waals surface area (Å²) < 4.78 is 63.3. The Morgan fingerprint density at radius 2 is 1.13 bits per heavy atom. The second-order valence-electron chi connectivity index (χ2n) is 2.34. The quantitative estimate of drug-likeness (QED) is 0.270. The zero-order valence-electron chi connectivity index (χ0n) is 6.97. The van der Waals surface area contributed by atoms with E-state index in [9.17, 15) is 22.0 Å². The van der Waals surface area contributed by atoms with Crippen molar-refractivity contribution >= 4 is 0 Å². The Morgan fingerprint density at radius 3 is 1.53 bits per heavy atom. The van der Waals surface area contributed by atoms with Crippen LogP contribution < -0.4 is 0 Å². The van der Waals surface area contributed by atoms with Crippen LogP contribution in [0, 0.1) is 53.3 Å². The molecule has 0 radical (unpaired) electrons. The van der Waals surface area contributed by atoms with Gasteiger partial charge >= 0.3 is 0 Å². The van der Waals surface area contributed by atoms with E-state index in [-0.39, 0.29) is 0 Å². The molecule has 1 aromatic rings. The van der Waals surface area contributed by atoms with Gasteiger partial charge in [0.05, 0.1) is 0 Å². The van der Waals surface area contributed by atoms with Gasteiger partial charge < -0.3 is 0 Å². The van der Waals surface area contributed by atoms with E-state index < -0.39 is 34.6 Å². The summed E-state index contributed by atoms with van der Waals surface area (Å²) in [5.41, 5.74) is -1.23. The average molecular weight is 216 g/mol. The van der Waals surface area contributed by atoms with Crippen molar-refractivity contribution in [3.05, 3.63) is 34.6 Å². The van der Waals surface area contributed by atoms with Crippen molar-refractivity contribution in [1.29, 1.82) is 0 Å². The minimum Gasteiger partial charge on any atom is -0.202 e. The molecule has 0 aliphatic heterocycles. The first kappa shape index (κ1) is 11.1. The Morgan fingerprint density at radius 1 is 0.733 bits per heavy atom. The predicted molar refractivity (Wildman–Crippen MR) is 41.9 cm³/mol. The van der Waals surface area contributed by atoms with E-state index >= 15 is 0 Å². The molecular formula is C10HF5. The molecule has 0 fully saturated rings. The Hall–Kier alpha value is -2.01. The van der Waals surface area contributed by atoms with Crippen molar-refractivity contribution in [2.24, 2.45) is 0 Å². The SMILES string of the molecule is C#CC#Cc1c(F)c(F)c(F)c(F)c1F. The van der Waals surface area contributed by atoms with Gasteiger partial charge in [-0.1, -0.05) is 0 Å². The van der Waals surface area contributed by atoms with Crippen molar-refractivity contribution in [2.45, 2.75) is 0 Å². The molecule has 1 rings (SSSR count). The predicted octanol–water partition coefficient (Wildman–Crippen LogP) is 2.37. The molecule has 1 aromatic carbocycles. The zero-order valence-corrected chi connectivity index (χ0v) is 6.97. The molecule has 0 saturated carbocycles. The summed E-state index contributed by atoms with van der Waals surface area (Å²) in [6, 6.07) is 0. The molecule has 15 heavy (non-hydrogen) atoms. The highest BCUT2D eigenvalue weighted by Crippen LogP contribution is 2.21. The molecule has 76 valence electrons. The lowest BCUT2D eigenvalue weighted by molar-refractivity contribution is 0.376. The highest BCUT2D eigenvalue weighted by atomic mass is 19.2. The molecule has 0 heterocycles. The number of hydrogen-bond acceptors (Lipinski definition) is 0. The van der Waals surface area contributed by atoms with Crippen LogP contribution in [-0.2, 0) is 0 Å². The number of rotatable bonds is 0. The Kier molecular flexibility index (Phi) is 2.96. The summed E-state index contributed by atoms with van der Waals surface area (Å²) in [4.78, 5) is 0. The first-order valence-electron chi connectivity index (χ1n) is 3.48. The maximum atomic E-state index is 12.8.